The Balaban J connectivity index is 0.00000230. The number of aromatic nitrogens is 2. The normalized spacial score (nSPS) is 12.9. The Hall–Kier alpha value is -3.91. The molecule has 0 radical (unpaired) electrons. The highest BCUT2D eigenvalue weighted by Crippen LogP contribution is 2.32. The van der Waals surface area contributed by atoms with Crippen LogP contribution in [0.4, 0.5) is 5.69 Å². The zero-order valence-electron chi connectivity index (χ0n) is 28.1. The largest absolute Gasteiger partial charge is 0.494 e. The van der Waals surface area contributed by atoms with E-state index in [-0.39, 0.29) is 12.5 Å². The van der Waals surface area contributed by atoms with Crippen LogP contribution in [0.1, 0.15) is 63.8 Å². The first-order chi connectivity index (χ1) is 23.9. The van der Waals surface area contributed by atoms with E-state index < -0.39 is 0 Å². The summed E-state index contributed by atoms with van der Waals surface area (Å²) in [5, 5.41) is 4.21. The molecule has 6 rings (SSSR count). The Morgan fingerprint density at radius 2 is 1.67 bits per heavy atom. The van der Waals surface area contributed by atoms with Gasteiger partial charge in [-0.15, -0.1) is 0 Å². The summed E-state index contributed by atoms with van der Waals surface area (Å²) in [6.07, 6.45) is 10.5. The number of rotatable bonds is 12. The molecule has 1 aromatic heterocycles. The van der Waals surface area contributed by atoms with Crippen molar-refractivity contribution in [2.45, 2.75) is 58.8 Å². The molecular weight excluding hydrogens is 671 g/mol. The first-order valence-corrected chi connectivity index (χ1v) is 18.3. The van der Waals surface area contributed by atoms with E-state index in [1.54, 1.807) is 6.07 Å². The Kier molecular flexibility index (Phi) is 13.5. The summed E-state index contributed by atoms with van der Waals surface area (Å²) in [6, 6.07) is 30.3. The quantitative estimate of drug-likeness (QED) is 0.113. The van der Waals surface area contributed by atoms with Crippen molar-refractivity contribution in [3.63, 3.8) is 0 Å². The Morgan fingerprint density at radius 1 is 0.918 bits per heavy atom. The van der Waals surface area contributed by atoms with Crippen LogP contribution in [-0.2, 0) is 11.2 Å². The summed E-state index contributed by atoms with van der Waals surface area (Å²) in [7, 11) is 0. The van der Waals surface area contributed by atoms with E-state index in [0.717, 1.165) is 69.8 Å². The zero-order chi connectivity index (χ0) is 34.6. The average molecular weight is 716 g/mol. The standard InChI is InChI=1S/C38H38Cl2N4O2S.C2H6/c39-30-13-18-34(35(40)23-30)36-25-44(32-16-14-31(15-17-32)41-24-38(45)43-47)37(42-36)21-27-9-11-28(12-10-27)29-7-4-8-33(22-29)46-20-19-26-5-2-1-3-6-26;1-2/h4,7-18,22-23,25-26,41,47H,1-3,5-6,19-21,24H2,(H,43,45);1-2H3. The lowest BCUT2D eigenvalue weighted by Crippen LogP contribution is -2.22. The van der Waals surface area contributed by atoms with Crippen LogP contribution in [0, 0.1) is 5.92 Å². The number of nitrogens with one attached hydrogen (secondary N) is 2. The minimum absolute atomic E-state index is 0.131. The van der Waals surface area contributed by atoms with Gasteiger partial charge in [0, 0.05) is 34.6 Å². The molecule has 6 nitrogen and oxygen atoms in total. The molecule has 0 bridgehead atoms. The molecule has 4 aromatic carbocycles. The van der Waals surface area contributed by atoms with Crippen LogP contribution in [0.5, 0.6) is 5.75 Å². The summed E-state index contributed by atoms with van der Waals surface area (Å²) < 4.78 is 10.6. The predicted octanol–water partition coefficient (Wildman–Crippen LogP) is 10.9. The maximum Gasteiger partial charge on any atom is 0.248 e. The summed E-state index contributed by atoms with van der Waals surface area (Å²) in [5.74, 6) is 2.38. The molecular formula is C40H44Cl2N4O2S. The van der Waals surface area contributed by atoms with Crippen molar-refractivity contribution >= 4 is 47.6 Å². The minimum Gasteiger partial charge on any atom is -0.494 e. The van der Waals surface area contributed by atoms with E-state index in [1.807, 2.05) is 62.5 Å². The third kappa shape index (κ3) is 10.1. The van der Waals surface area contributed by atoms with Gasteiger partial charge in [-0.1, -0.05) is 118 Å². The first-order valence-electron chi connectivity index (χ1n) is 17.1. The highest BCUT2D eigenvalue weighted by Gasteiger charge is 2.16. The summed E-state index contributed by atoms with van der Waals surface area (Å²) >= 11 is 16.6. The van der Waals surface area contributed by atoms with Gasteiger partial charge in [-0.3, -0.25) is 4.79 Å². The predicted molar refractivity (Wildman–Crippen MR) is 207 cm³/mol. The molecule has 1 saturated carbocycles. The van der Waals surface area contributed by atoms with E-state index in [2.05, 4.69) is 69.9 Å². The minimum atomic E-state index is -0.212. The molecule has 49 heavy (non-hydrogen) atoms. The molecule has 1 amide bonds. The molecule has 256 valence electrons. The van der Waals surface area contributed by atoms with Crippen LogP contribution in [0.3, 0.4) is 0 Å². The van der Waals surface area contributed by atoms with Gasteiger partial charge >= 0.3 is 0 Å². The van der Waals surface area contributed by atoms with Crippen molar-refractivity contribution < 1.29 is 9.53 Å². The lowest BCUT2D eigenvalue weighted by atomic mass is 9.87. The van der Waals surface area contributed by atoms with E-state index in [1.165, 1.54) is 32.1 Å². The molecule has 9 heteroatoms. The fraction of sp³-hybridized carbons (Fsp3) is 0.300. The number of carbonyl (C=O) groups is 1. The molecule has 0 aliphatic heterocycles. The number of hydrogen-bond acceptors (Lipinski definition) is 5. The van der Waals surface area contributed by atoms with E-state index in [9.17, 15) is 4.79 Å². The topological polar surface area (TPSA) is 68.2 Å². The number of thiol groups is 1. The zero-order valence-corrected chi connectivity index (χ0v) is 30.5. The maximum absolute atomic E-state index is 11.6. The Morgan fingerprint density at radius 3 is 2.39 bits per heavy atom. The second-order valence-electron chi connectivity index (χ2n) is 12.0. The summed E-state index contributed by atoms with van der Waals surface area (Å²) in [4.78, 5) is 16.6. The van der Waals surface area contributed by atoms with E-state index in [4.69, 9.17) is 32.9 Å². The lowest BCUT2D eigenvalue weighted by molar-refractivity contribution is -0.117. The molecule has 1 heterocycles. The molecule has 0 unspecified atom stereocenters. The van der Waals surface area contributed by atoms with Crippen LogP contribution in [0.25, 0.3) is 28.1 Å². The Bertz CT molecular complexity index is 1800. The molecule has 0 saturated heterocycles. The third-order valence-electron chi connectivity index (χ3n) is 8.71. The smallest absolute Gasteiger partial charge is 0.248 e. The van der Waals surface area contributed by atoms with Crippen LogP contribution in [-0.4, -0.2) is 28.6 Å². The number of imidazole rings is 1. The number of benzene rings is 4. The highest BCUT2D eigenvalue weighted by atomic mass is 35.5. The molecule has 2 N–H and O–H groups in total. The summed E-state index contributed by atoms with van der Waals surface area (Å²) in [6.45, 7) is 4.90. The number of anilines is 1. The van der Waals surface area contributed by atoms with Gasteiger partial charge in [0.2, 0.25) is 5.91 Å². The van der Waals surface area contributed by atoms with Gasteiger partial charge in [-0.25, -0.2) is 4.98 Å². The van der Waals surface area contributed by atoms with Crippen LogP contribution in [0.2, 0.25) is 10.0 Å². The number of ether oxygens (including phenoxy) is 1. The van der Waals surface area contributed by atoms with Gasteiger partial charge in [-0.2, -0.15) is 0 Å². The fourth-order valence-corrected chi connectivity index (χ4v) is 6.72. The second-order valence-corrected chi connectivity index (χ2v) is 13.1. The van der Waals surface area contributed by atoms with Crippen molar-refractivity contribution in [1.29, 1.82) is 0 Å². The fourth-order valence-electron chi connectivity index (χ4n) is 6.14. The van der Waals surface area contributed by atoms with Crippen molar-refractivity contribution in [2.75, 3.05) is 18.5 Å². The van der Waals surface area contributed by atoms with Gasteiger partial charge in [0.25, 0.3) is 0 Å². The van der Waals surface area contributed by atoms with Crippen molar-refractivity contribution in [2.24, 2.45) is 5.92 Å². The number of amides is 1. The number of halogens is 2. The molecule has 0 spiro atoms. The highest BCUT2D eigenvalue weighted by molar-refractivity contribution is 7.78. The van der Waals surface area contributed by atoms with Gasteiger partial charge in [0.1, 0.15) is 11.6 Å². The van der Waals surface area contributed by atoms with E-state index in [0.29, 0.717) is 16.5 Å². The van der Waals surface area contributed by atoms with Crippen LogP contribution >= 0.6 is 36.0 Å². The third-order valence-corrected chi connectivity index (χ3v) is 9.51. The maximum atomic E-state index is 11.6. The van der Waals surface area contributed by atoms with Crippen molar-refractivity contribution in [3.8, 4) is 33.8 Å². The second kappa shape index (κ2) is 18.2. The van der Waals surface area contributed by atoms with E-state index >= 15 is 0 Å². The molecule has 0 atom stereocenters. The van der Waals surface area contributed by atoms with Crippen LogP contribution < -0.4 is 14.8 Å². The average Bonchev–Trinajstić information content (AvgIpc) is 3.55. The Labute approximate surface area is 305 Å². The molecule has 1 aliphatic carbocycles. The summed E-state index contributed by atoms with van der Waals surface area (Å²) in [5.41, 5.74) is 6.72. The van der Waals surface area contributed by atoms with Gasteiger partial charge < -0.3 is 19.3 Å². The molecule has 5 aromatic rings. The SMILES string of the molecule is CC.O=C(CNc1ccc(-n2cc(-c3ccc(Cl)cc3Cl)nc2Cc2ccc(-c3cccc(OCCC4CCCCC4)c3)cc2)cc1)NS. The van der Waals surface area contributed by atoms with Gasteiger partial charge in [0.05, 0.1) is 23.9 Å². The van der Waals surface area contributed by atoms with Gasteiger partial charge in [-0.05, 0) is 83.6 Å². The monoisotopic (exact) mass is 714 g/mol. The number of hydrogen-bond donors (Lipinski definition) is 3. The molecule has 1 fully saturated rings. The van der Waals surface area contributed by atoms with Gasteiger partial charge in [0.15, 0.2) is 0 Å². The van der Waals surface area contributed by atoms with Crippen LogP contribution in [0.15, 0.2) is 97.2 Å². The lowest BCUT2D eigenvalue weighted by Gasteiger charge is -2.21. The van der Waals surface area contributed by atoms with Crippen molar-refractivity contribution in [3.05, 3.63) is 119 Å². The number of carbonyl (C=O) groups excluding carboxylic acids is 1. The number of nitrogens with zero attached hydrogens (tertiary/aromatic N) is 2. The molecule has 1 aliphatic rings. The first kappa shape index (κ1) is 36.4. The van der Waals surface area contributed by atoms with Crippen molar-refractivity contribution in [1.82, 2.24) is 14.3 Å².